The molecule has 0 rings (SSSR count). The summed E-state index contributed by atoms with van der Waals surface area (Å²) in [6.07, 6.45) is 0. The zero-order valence-electron chi connectivity index (χ0n) is 9.45. The standard InChI is InChI=1S/C9H21O4P/c1-9(2,3)14(4,11)13-8-7-12-6-5-10/h10H,5-8H2,1-4H3. The van der Waals surface area contributed by atoms with E-state index in [1.54, 1.807) is 6.66 Å². The summed E-state index contributed by atoms with van der Waals surface area (Å²) in [5, 5.41) is 8.10. The van der Waals surface area contributed by atoms with Crippen molar-refractivity contribution in [2.45, 2.75) is 25.9 Å². The molecule has 0 aromatic carbocycles. The van der Waals surface area contributed by atoms with E-state index < -0.39 is 7.37 Å². The minimum Gasteiger partial charge on any atom is -0.394 e. The van der Waals surface area contributed by atoms with Crippen molar-refractivity contribution in [1.29, 1.82) is 0 Å². The summed E-state index contributed by atoms with van der Waals surface area (Å²) in [4.78, 5) is 0. The Bertz CT molecular complexity index is 197. The highest BCUT2D eigenvalue weighted by Gasteiger charge is 2.32. The van der Waals surface area contributed by atoms with Gasteiger partial charge in [0.05, 0.1) is 26.4 Å². The summed E-state index contributed by atoms with van der Waals surface area (Å²) in [5.41, 5.74) is 0. The van der Waals surface area contributed by atoms with Crippen molar-refractivity contribution >= 4 is 7.37 Å². The van der Waals surface area contributed by atoms with E-state index in [0.29, 0.717) is 19.8 Å². The van der Waals surface area contributed by atoms with Crippen LogP contribution in [0.25, 0.3) is 0 Å². The van der Waals surface area contributed by atoms with Gasteiger partial charge < -0.3 is 14.4 Å². The Balaban J connectivity index is 3.73. The molecule has 0 aromatic heterocycles. The molecular weight excluding hydrogens is 203 g/mol. The van der Waals surface area contributed by atoms with Crippen molar-refractivity contribution in [2.75, 3.05) is 33.1 Å². The molecule has 5 heteroatoms. The zero-order chi connectivity index (χ0) is 11.2. The van der Waals surface area contributed by atoms with Gasteiger partial charge in [-0.3, -0.25) is 4.57 Å². The predicted molar refractivity (Wildman–Crippen MR) is 57.1 cm³/mol. The summed E-state index contributed by atoms with van der Waals surface area (Å²) in [6.45, 7) is 8.29. The van der Waals surface area contributed by atoms with Crippen molar-refractivity contribution in [1.82, 2.24) is 0 Å². The average Bonchev–Trinajstić information content (AvgIpc) is 2.02. The van der Waals surface area contributed by atoms with Crippen LogP contribution in [0.1, 0.15) is 20.8 Å². The molecule has 0 amide bonds. The number of aliphatic hydroxyl groups excluding tert-OH is 1. The first-order chi connectivity index (χ1) is 6.31. The highest BCUT2D eigenvalue weighted by molar-refractivity contribution is 7.59. The fourth-order valence-corrected chi connectivity index (χ4v) is 1.44. The molecular formula is C9H21O4P. The second-order valence-corrected chi connectivity index (χ2v) is 7.48. The molecule has 0 aliphatic rings. The van der Waals surface area contributed by atoms with Crippen LogP contribution >= 0.6 is 7.37 Å². The van der Waals surface area contributed by atoms with E-state index in [1.165, 1.54) is 0 Å². The molecule has 86 valence electrons. The van der Waals surface area contributed by atoms with Crippen LogP contribution in [0.4, 0.5) is 0 Å². The Morgan fingerprint density at radius 3 is 2.21 bits per heavy atom. The third-order valence-electron chi connectivity index (χ3n) is 2.02. The van der Waals surface area contributed by atoms with Crippen LogP contribution in [-0.2, 0) is 13.8 Å². The summed E-state index contributed by atoms with van der Waals surface area (Å²) in [7, 11) is -2.57. The highest BCUT2D eigenvalue weighted by atomic mass is 31.2. The molecule has 0 radical (unpaired) electrons. The molecule has 4 nitrogen and oxygen atoms in total. The lowest BCUT2D eigenvalue weighted by atomic mass is 10.3. The monoisotopic (exact) mass is 224 g/mol. The number of hydrogen-bond donors (Lipinski definition) is 1. The van der Waals surface area contributed by atoms with Crippen LogP contribution in [0.2, 0.25) is 0 Å². The molecule has 0 aliphatic carbocycles. The van der Waals surface area contributed by atoms with E-state index in [4.69, 9.17) is 14.4 Å². The van der Waals surface area contributed by atoms with E-state index in [1.807, 2.05) is 20.8 Å². The molecule has 0 aliphatic heterocycles. The van der Waals surface area contributed by atoms with Crippen LogP contribution in [0.5, 0.6) is 0 Å². The Morgan fingerprint density at radius 1 is 1.21 bits per heavy atom. The molecule has 1 N–H and O–H groups in total. The van der Waals surface area contributed by atoms with Gasteiger partial charge >= 0.3 is 0 Å². The molecule has 0 heterocycles. The Kier molecular flexibility index (Phi) is 5.91. The van der Waals surface area contributed by atoms with Crippen molar-refractivity contribution in [2.24, 2.45) is 0 Å². The van der Waals surface area contributed by atoms with Crippen LogP contribution < -0.4 is 0 Å². The number of rotatable bonds is 6. The van der Waals surface area contributed by atoms with Crippen LogP contribution in [0.3, 0.4) is 0 Å². The second kappa shape index (κ2) is 5.86. The van der Waals surface area contributed by atoms with Crippen LogP contribution in [0, 0.1) is 0 Å². The lowest BCUT2D eigenvalue weighted by Crippen LogP contribution is -2.17. The molecule has 0 saturated heterocycles. The quantitative estimate of drug-likeness (QED) is 0.551. The fourth-order valence-electron chi connectivity index (χ4n) is 0.631. The Labute approximate surface area is 86.1 Å². The van der Waals surface area contributed by atoms with Gasteiger partial charge in [-0.1, -0.05) is 20.8 Å². The van der Waals surface area contributed by atoms with Gasteiger partial charge in [0, 0.05) is 11.8 Å². The zero-order valence-corrected chi connectivity index (χ0v) is 10.3. The lowest BCUT2D eigenvalue weighted by Gasteiger charge is -2.27. The highest BCUT2D eigenvalue weighted by Crippen LogP contribution is 2.55. The molecule has 0 spiro atoms. The van der Waals surface area contributed by atoms with Gasteiger partial charge in [0.2, 0.25) is 7.37 Å². The molecule has 14 heavy (non-hydrogen) atoms. The molecule has 0 saturated carbocycles. The van der Waals surface area contributed by atoms with Gasteiger partial charge in [-0.2, -0.15) is 0 Å². The summed E-state index contributed by atoms with van der Waals surface area (Å²) < 4.78 is 22.2. The maximum absolute atomic E-state index is 11.9. The van der Waals surface area contributed by atoms with E-state index >= 15 is 0 Å². The van der Waals surface area contributed by atoms with Crippen molar-refractivity contribution in [3.05, 3.63) is 0 Å². The minimum atomic E-state index is -2.57. The van der Waals surface area contributed by atoms with Crippen LogP contribution in [0.15, 0.2) is 0 Å². The molecule has 1 atom stereocenters. The SMILES string of the molecule is CC(C)(C)P(C)(=O)OCCOCCO. The van der Waals surface area contributed by atoms with Gasteiger partial charge in [0.25, 0.3) is 0 Å². The normalized spacial score (nSPS) is 16.6. The van der Waals surface area contributed by atoms with Crippen molar-refractivity contribution < 1.29 is 18.9 Å². The Hall–Kier alpha value is 0.110. The first-order valence-electron chi connectivity index (χ1n) is 4.72. The third-order valence-corrected chi connectivity index (χ3v) is 5.13. The molecule has 1 unspecified atom stereocenters. The van der Waals surface area contributed by atoms with Crippen molar-refractivity contribution in [3.8, 4) is 0 Å². The van der Waals surface area contributed by atoms with Gasteiger partial charge in [0.1, 0.15) is 0 Å². The number of ether oxygens (including phenoxy) is 1. The topological polar surface area (TPSA) is 55.8 Å². The molecule has 0 fully saturated rings. The Morgan fingerprint density at radius 2 is 1.79 bits per heavy atom. The first kappa shape index (κ1) is 14.1. The first-order valence-corrected chi connectivity index (χ1v) is 6.79. The number of aliphatic hydroxyl groups is 1. The number of hydrogen-bond acceptors (Lipinski definition) is 4. The molecule has 0 bridgehead atoms. The summed E-state index contributed by atoms with van der Waals surface area (Å²) >= 11 is 0. The second-order valence-electron chi connectivity index (χ2n) is 4.19. The van der Waals surface area contributed by atoms with E-state index in [2.05, 4.69) is 0 Å². The average molecular weight is 224 g/mol. The summed E-state index contributed by atoms with van der Waals surface area (Å²) in [5.74, 6) is 0. The van der Waals surface area contributed by atoms with Gasteiger partial charge in [-0.05, 0) is 0 Å². The predicted octanol–water partition coefficient (Wildman–Crippen LogP) is 1.72. The fraction of sp³-hybridized carbons (Fsp3) is 1.00. The van der Waals surface area contributed by atoms with E-state index in [-0.39, 0.29) is 11.8 Å². The van der Waals surface area contributed by atoms with E-state index in [0.717, 1.165) is 0 Å². The lowest BCUT2D eigenvalue weighted by molar-refractivity contribution is 0.0706. The maximum atomic E-state index is 11.9. The smallest absolute Gasteiger partial charge is 0.205 e. The largest absolute Gasteiger partial charge is 0.394 e. The maximum Gasteiger partial charge on any atom is 0.205 e. The van der Waals surface area contributed by atoms with Crippen LogP contribution in [-0.4, -0.2) is 43.4 Å². The minimum absolute atomic E-state index is 0.00303. The van der Waals surface area contributed by atoms with Gasteiger partial charge in [-0.15, -0.1) is 0 Å². The van der Waals surface area contributed by atoms with E-state index in [9.17, 15) is 4.57 Å². The third kappa shape index (κ3) is 5.11. The van der Waals surface area contributed by atoms with Gasteiger partial charge in [-0.25, -0.2) is 0 Å². The van der Waals surface area contributed by atoms with Crippen molar-refractivity contribution in [3.63, 3.8) is 0 Å². The molecule has 0 aromatic rings. The van der Waals surface area contributed by atoms with Gasteiger partial charge in [0.15, 0.2) is 0 Å². The summed E-state index contributed by atoms with van der Waals surface area (Å²) in [6, 6.07) is 0.